The molecule has 2 aliphatic heterocycles. The Bertz CT molecular complexity index is 913. The third-order valence-corrected chi connectivity index (χ3v) is 5.82. The predicted octanol–water partition coefficient (Wildman–Crippen LogP) is 3.26. The van der Waals surface area contributed by atoms with Crippen molar-refractivity contribution < 1.29 is 13.8 Å². The van der Waals surface area contributed by atoms with Crippen LogP contribution in [0.3, 0.4) is 0 Å². The predicted molar refractivity (Wildman–Crippen MR) is 113 cm³/mol. The highest BCUT2D eigenvalue weighted by atomic mass is 16.3. The van der Waals surface area contributed by atoms with E-state index in [2.05, 4.69) is 42.7 Å². The molecule has 152 valence electrons. The quantitative estimate of drug-likeness (QED) is 0.738. The van der Waals surface area contributed by atoms with Crippen LogP contribution in [0.15, 0.2) is 64.3 Å². The number of nitrogens with one attached hydrogen (secondary N) is 1. The number of rotatable bonds is 6. The highest BCUT2D eigenvalue weighted by molar-refractivity contribution is 5.78. The third kappa shape index (κ3) is 4.19. The number of piperidine rings is 1. The van der Waals surface area contributed by atoms with Gasteiger partial charge < -0.3 is 20.4 Å². The summed E-state index contributed by atoms with van der Waals surface area (Å²) in [6.45, 7) is 5.19. The van der Waals surface area contributed by atoms with Gasteiger partial charge in [-0.3, -0.25) is 0 Å². The molecule has 2 aromatic rings. The minimum Gasteiger partial charge on any atom is -0.472 e. The van der Waals surface area contributed by atoms with Gasteiger partial charge in [-0.2, -0.15) is 4.59 Å². The lowest BCUT2D eigenvalue weighted by molar-refractivity contribution is -0.895. The van der Waals surface area contributed by atoms with E-state index in [0.717, 1.165) is 37.2 Å². The maximum Gasteiger partial charge on any atom is 0.314 e. The van der Waals surface area contributed by atoms with Crippen molar-refractivity contribution in [3.8, 4) is 11.1 Å². The molecule has 3 heterocycles. The maximum atomic E-state index is 11.3. The van der Waals surface area contributed by atoms with Gasteiger partial charge in [-0.05, 0) is 31.4 Å². The minimum atomic E-state index is -0.331. The number of carbonyl (C=O) groups excluding carboxylic acids is 1. The maximum absolute atomic E-state index is 11.3. The van der Waals surface area contributed by atoms with E-state index in [4.69, 9.17) is 15.3 Å². The molecule has 29 heavy (non-hydrogen) atoms. The zero-order valence-electron chi connectivity index (χ0n) is 16.8. The molecule has 1 atom stereocenters. The lowest BCUT2D eigenvalue weighted by atomic mass is 10.0. The fraction of sp³-hybridized carbons (Fsp3) is 0.364. The molecule has 1 aromatic carbocycles. The van der Waals surface area contributed by atoms with Crippen LogP contribution in [0.5, 0.6) is 0 Å². The fourth-order valence-corrected chi connectivity index (χ4v) is 4.08. The van der Waals surface area contributed by atoms with Gasteiger partial charge in [0.05, 0.1) is 12.5 Å². The van der Waals surface area contributed by atoms with E-state index in [1.165, 1.54) is 11.1 Å². The molecular formula is C22H28N5O2+. The van der Waals surface area contributed by atoms with Gasteiger partial charge in [0, 0.05) is 30.3 Å². The van der Waals surface area contributed by atoms with Gasteiger partial charge in [0.25, 0.3) is 0 Å². The summed E-state index contributed by atoms with van der Waals surface area (Å²) in [6.07, 6.45) is 9.41. The van der Waals surface area contributed by atoms with Crippen molar-refractivity contribution in [1.29, 1.82) is 0 Å². The van der Waals surface area contributed by atoms with Crippen molar-refractivity contribution in [2.75, 3.05) is 19.6 Å². The Labute approximate surface area is 171 Å². The topological polar surface area (TPSA) is 83.9 Å². The van der Waals surface area contributed by atoms with Crippen molar-refractivity contribution in [2.45, 2.75) is 32.4 Å². The van der Waals surface area contributed by atoms with Gasteiger partial charge in [-0.1, -0.05) is 29.4 Å². The van der Waals surface area contributed by atoms with E-state index in [0.29, 0.717) is 23.7 Å². The smallest absolute Gasteiger partial charge is 0.314 e. The average Bonchev–Trinajstić information content (AvgIpc) is 3.40. The van der Waals surface area contributed by atoms with Gasteiger partial charge in [0.2, 0.25) is 0 Å². The molecule has 2 amide bonds. The number of allylic oxidation sites excluding steroid dienone is 1. The number of amides is 2. The van der Waals surface area contributed by atoms with Crippen LogP contribution in [0, 0.1) is 0 Å². The van der Waals surface area contributed by atoms with Crippen LogP contribution in [-0.4, -0.2) is 47.4 Å². The number of benzene rings is 1. The minimum absolute atomic E-state index is 0.331. The summed E-state index contributed by atoms with van der Waals surface area (Å²) >= 11 is 0. The Morgan fingerprint density at radius 2 is 2.10 bits per heavy atom. The average molecular weight is 394 g/mol. The zero-order valence-corrected chi connectivity index (χ0v) is 16.8. The molecule has 1 aromatic heterocycles. The molecule has 0 aliphatic carbocycles. The van der Waals surface area contributed by atoms with Crippen LogP contribution in [0.2, 0.25) is 0 Å². The Kier molecular flexibility index (Phi) is 5.40. The highest BCUT2D eigenvalue weighted by Crippen LogP contribution is 2.29. The van der Waals surface area contributed by atoms with Crippen LogP contribution in [0.1, 0.15) is 25.3 Å². The molecule has 1 unspecified atom stereocenters. The first kappa shape index (κ1) is 19.3. The molecule has 2 aliphatic rings. The number of hydrogen-bond acceptors (Lipinski definition) is 4. The number of quaternary nitrogens is 1. The Hall–Kier alpha value is -3.06. The zero-order chi connectivity index (χ0) is 20.3. The summed E-state index contributed by atoms with van der Waals surface area (Å²) in [6, 6.07) is 10.4. The molecule has 0 bridgehead atoms. The number of primary amides is 1. The molecule has 0 spiro atoms. The summed E-state index contributed by atoms with van der Waals surface area (Å²) in [4.78, 5) is 13.0. The van der Waals surface area contributed by atoms with Crippen LogP contribution in [0.25, 0.3) is 11.1 Å². The molecular weight excluding hydrogens is 366 g/mol. The summed E-state index contributed by atoms with van der Waals surface area (Å²) in [5.74, 6) is 0. The fourth-order valence-electron chi connectivity index (χ4n) is 4.08. The van der Waals surface area contributed by atoms with Gasteiger partial charge >= 0.3 is 6.03 Å². The molecule has 7 heteroatoms. The lowest BCUT2D eigenvalue weighted by Crippen LogP contribution is -2.46. The van der Waals surface area contributed by atoms with E-state index in [9.17, 15) is 4.79 Å². The molecule has 4 rings (SSSR count). The first-order valence-corrected chi connectivity index (χ1v) is 10.2. The molecule has 3 N–H and O–H groups in total. The number of hydrogen-bond donors (Lipinski definition) is 2. The highest BCUT2D eigenvalue weighted by Gasteiger charge is 2.31. The van der Waals surface area contributed by atoms with Gasteiger partial charge in [-0.25, -0.2) is 4.79 Å². The monoisotopic (exact) mass is 394 g/mol. The third-order valence-electron chi connectivity index (χ3n) is 5.82. The summed E-state index contributed by atoms with van der Waals surface area (Å²) in [5, 5.41) is 8.44. The second-order valence-electron chi connectivity index (χ2n) is 7.70. The van der Waals surface area contributed by atoms with Crippen molar-refractivity contribution in [1.82, 2.24) is 10.2 Å². The van der Waals surface area contributed by atoms with E-state index < -0.39 is 0 Å². The SMILES string of the molecule is CC[N+]1(Cc2ccccc2-c2ccoc2)C=C(NC2CCN(C(N)=O)CC2)C=N1. The van der Waals surface area contributed by atoms with Gasteiger partial charge in [0.15, 0.2) is 0 Å². The first-order chi connectivity index (χ1) is 14.1. The summed E-state index contributed by atoms with van der Waals surface area (Å²) < 4.78 is 5.81. The Balaban J connectivity index is 1.47. The Morgan fingerprint density at radius 1 is 1.31 bits per heavy atom. The number of nitrogens with zero attached hydrogens (tertiary/aromatic N) is 3. The van der Waals surface area contributed by atoms with E-state index >= 15 is 0 Å². The molecule has 1 fully saturated rings. The number of carbonyl (C=O) groups is 1. The van der Waals surface area contributed by atoms with Crippen molar-refractivity contribution in [3.05, 3.63) is 60.3 Å². The van der Waals surface area contributed by atoms with Crippen LogP contribution in [-0.2, 0) is 6.54 Å². The van der Waals surface area contributed by atoms with E-state index in [1.807, 2.05) is 12.3 Å². The summed E-state index contributed by atoms with van der Waals surface area (Å²) in [5.41, 5.74) is 9.92. The number of furan rings is 1. The standard InChI is InChI=1S/C22H27N5O2/c1-2-27(14-17-5-3-4-6-21(17)18-9-12-29-16-18)15-20(13-24-27)25-19-7-10-26(11-8-19)22(23)28/h3-6,9,12-13,15-16,19,25H,2,7-8,10-11,14H2,1H3,(H-,23,28)/p+1. The molecule has 0 radical (unpaired) electrons. The molecule has 7 nitrogen and oxygen atoms in total. The second-order valence-corrected chi connectivity index (χ2v) is 7.70. The van der Waals surface area contributed by atoms with Gasteiger partial charge in [0.1, 0.15) is 31.2 Å². The number of nitrogens with two attached hydrogens (primary N) is 1. The Morgan fingerprint density at radius 3 is 2.79 bits per heavy atom. The van der Waals surface area contributed by atoms with Gasteiger partial charge in [-0.15, -0.1) is 0 Å². The molecule has 0 saturated carbocycles. The lowest BCUT2D eigenvalue weighted by Gasteiger charge is -2.31. The van der Waals surface area contributed by atoms with Crippen molar-refractivity contribution >= 4 is 12.2 Å². The molecule has 1 saturated heterocycles. The van der Waals surface area contributed by atoms with E-state index in [1.54, 1.807) is 17.4 Å². The van der Waals surface area contributed by atoms with Crippen LogP contribution >= 0.6 is 0 Å². The van der Waals surface area contributed by atoms with Crippen molar-refractivity contribution in [2.24, 2.45) is 10.8 Å². The van der Waals surface area contributed by atoms with Crippen LogP contribution in [0.4, 0.5) is 4.79 Å². The number of urea groups is 1. The van der Waals surface area contributed by atoms with Crippen LogP contribution < -0.4 is 11.1 Å². The normalized spacial score (nSPS) is 22.0. The first-order valence-electron chi connectivity index (χ1n) is 10.2. The largest absolute Gasteiger partial charge is 0.472 e. The van der Waals surface area contributed by atoms with E-state index in [-0.39, 0.29) is 6.03 Å². The summed E-state index contributed by atoms with van der Waals surface area (Å²) in [7, 11) is 0. The van der Waals surface area contributed by atoms with Crippen molar-refractivity contribution in [3.63, 3.8) is 0 Å². The number of likely N-dealkylation sites (tertiary alicyclic amines) is 1. The second kappa shape index (κ2) is 8.13.